The van der Waals surface area contributed by atoms with Gasteiger partial charge in [-0.05, 0) is 38.0 Å². The van der Waals surface area contributed by atoms with Crippen LogP contribution in [0.4, 0.5) is 5.69 Å². The van der Waals surface area contributed by atoms with Gasteiger partial charge in [0.25, 0.3) is 0 Å². The van der Waals surface area contributed by atoms with E-state index < -0.39 is 0 Å². The molecule has 0 N–H and O–H groups in total. The fourth-order valence-electron chi connectivity index (χ4n) is 2.35. The number of carbonyl (C=O) groups excluding carboxylic acids is 2. The average molecular weight is 302 g/mol. The normalized spacial score (nSPS) is 17.3. The maximum Gasteiger partial charge on any atom is 0.240 e. The molecule has 5 heteroatoms. The third kappa shape index (κ3) is 3.27. The van der Waals surface area contributed by atoms with Crippen molar-refractivity contribution in [2.75, 3.05) is 11.4 Å². The van der Waals surface area contributed by atoms with Gasteiger partial charge in [-0.1, -0.05) is 6.92 Å². The van der Waals surface area contributed by atoms with Gasteiger partial charge >= 0.3 is 0 Å². The molecule has 2 rings (SSSR count). The molecule has 0 aromatic heterocycles. The molecule has 1 atom stereocenters. The van der Waals surface area contributed by atoms with E-state index in [0.717, 1.165) is 17.0 Å². The Kier molecular flexibility index (Phi) is 5.03. The zero-order valence-corrected chi connectivity index (χ0v) is 13.1. The van der Waals surface area contributed by atoms with Crippen molar-refractivity contribution in [2.24, 2.45) is 0 Å². The Morgan fingerprint density at radius 2 is 2.24 bits per heavy atom. The van der Waals surface area contributed by atoms with Crippen LogP contribution in [-0.2, 0) is 4.79 Å². The number of fused-ring (bicyclic) bond motifs is 1. The van der Waals surface area contributed by atoms with Gasteiger partial charge in [-0.15, -0.1) is 11.8 Å². The van der Waals surface area contributed by atoms with Crippen LogP contribution in [0.25, 0.3) is 0 Å². The number of carbonyl (C=O) groups is 2. The van der Waals surface area contributed by atoms with Crippen LogP contribution in [0.5, 0.6) is 0 Å². The number of hydrogen-bond acceptors (Lipinski definition) is 4. The van der Waals surface area contributed by atoms with Crippen LogP contribution >= 0.6 is 11.8 Å². The number of rotatable bonds is 5. The Hall–Kier alpha value is -1.80. The molecule has 0 bridgehead atoms. The number of unbranched alkanes of at least 4 members (excludes halogenated alkanes) is 1. The average Bonchev–Trinajstić information content (AvgIpc) is 2.48. The van der Waals surface area contributed by atoms with Gasteiger partial charge in [0.05, 0.1) is 17.0 Å². The van der Waals surface area contributed by atoms with E-state index in [4.69, 9.17) is 5.26 Å². The van der Waals surface area contributed by atoms with Gasteiger partial charge in [-0.3, -0.25) is 9.59 Å². The van der Waals surface area contributed by atoms with E-state index in [1.165, 1.54) is 11.8 Å². The van der Waals surface area contributed by atoms with Crippen LogP contribution in [0.3, 0.4) is 0 Å². The first-order valence-electron chi connectivity index (χ1n) is 7.08. The van der Waals surface area contributed by atoms with Crippen molar-refractivity contribution in [3.05, 3.63) is 23.8 Å². The molecule has 0 radical (unpaired) electrons. The minimum absolute atomic E-state index is 0.0272. The second-order valence-electron chi connectivity index (χ2n) is 5.00. The number of anilines is 1. The van der Waals surface area contributed by atoms with Crippen molar-refractivity contribution in [3.8, 4) is 6.07 Å². The summed E-state index contributed by atoms with van der Waals surface area (Å²) in [5, 5.41) is 8.55. The molecule has 1 aliphatic rings. The molecule has 4 nitrogen and oxygen atoms in total. The van der Waals surface area contributed by atoms with E-state index in [9.17, 15) is 9.59 Å². The summed E-state index contributed by atoms with van der Waals surface area (Å²) in [6.07, 6.45) is 1.85. The largest absolute Gasteiger partial charge is 0.310 e. The van der Waals surface area contributed by atoms with Crippen LogP contribution in [-0.4, -0.2) is 23.5 Å². The van der Waals surface area contributed by atoms with Gasteiger partial charge in [-0.25, -0.2) is 0 Å². The summed E-state index contributed by atoms with van der Waals surface area (Å²) in [6.45, 7) is 4.08. The van der Waals surface area contributed by atoms with Crippen LogP contribution < -0.4 is 4.90 Å². The molecule has 1 aromatic carbocycles. The first-order valence-corrected chi connectivity index (χ1v) is 7.96. The summed E-state index contributed by atoms with van der Waals surface area (Å²) < 4.78 is 0. The number of ketones is 1. The number of thioether (sulfide) groups is 1. The SMILES string of the molecule is CCC1Sc2cc(C(C)=O)ccc2N(CCCC#N)C1=O. The van der Waals surface area contributed by atoms with Crippen molar-refractivity contribution >= 4 is 29.1 Å². The van der Waals surface area contributed by atoms with Gasteiger partial charge in [-0.2, -0.15) is 5.26 Å². The van der Waals surface area contributed by atoms with Crippen molar-refractivity contribution < 1.29 is 9.59 Å². The highest BCUT2D eigenvalue weighted by Gasteiger charge is 2.32. The Morgan fingerprint density at radius 3 is 2.86 bits per heavy atom. The Morgan fingerprint density at radius 1 is 1.48 bits per heavy atom. The highest BCUT2D eigenvalue weighted by atomic mass is 32.2. The quantitative estimate of drug-likeness (QED) is 0.617. The molecule has 0 spiro atoms. The van der Waals surface area contributed by atoms with Crippen molar-refractivity contribution in [3.63, 3.8) is 0 Å². The Balaban J connectivity index is 2.35. The van der Waals surface area contributed by atoms with Gasteiger partial charge in [0.1, 0.15) is 0 Å². The number of benzene rings is 1. The molecule has 1 aromatic rings. The third-order valence-corrected chi connectivity index (χ3v) is 4.91. The number of Topliss-reactive ketones (excluding diaryl/α,β-unsaturated/α-hetero) is 1. The van der Waals surface area contributed by atoms with Crippen LogP contribution in [0.15, 0.2) is 23.1 Å². The summed E-state index contributed by atoms with van der Waals surface area (Å²) in [5.41, 5.74) is 1.53. The van der Waals surface area contributed by atoms with Crippen LogP contribution in [0.1, 0.15) is 43.5 Å². The van der Waals surface area contributed by atoms with E-state index in [2.05, 4.69) is 6.07 Å². The second kappa shape index (κ2) is 6.77. The fraction of sp³-hybridized carbons (Fsp3) is 0.438. The van der Waals surface area contributed by atoms with E-state index in [-0.39, 0.29) is 16.9 Å². The molecule has 21 heavy (non-hydrogen) atoms. The molecule has 0 saturated carbocycles. The van der Waals surface area contributed by atoms with Crippen molar-refractivity contribution in [1.29, 1.82) is 5.26 Å². The summed E-state index contributed by atoms with van der Waals surface area (Å²) in [5.74, 6) is 0.128. The molecule has 1 aliphatic heterocycles. The van der Waals surface area contributed by atoms with Crippen molar-refractivity contribution in [1.82, 2.24) is 0 Å². The lowest BCUT2D eigenvalue weighted by Crippen LogP contribution is -2.41. The minimum atomic E-state index is -0.109. The zero-order valence-electron chi connectivity index (χ0n) is 12.3. The highest BCUT2D eigenvalue weighted by Crippen LogP contribution is 2.41. The number of amides is 1. The smallest absolute Gasteiger partial charge is 0.240 e. The maximum atomic E-state index is 12.5. The Bertz CT molecular complexity index is 607. The zero-order chi connectivity index (χ0) is 15.4. The second-order valence-corrected chi connectivity index (χ2v) is 6.25. The fourth-order valence-corrected chi connectivity index (χ4v) is 3.55. The molecular weight excluding hydrogens is 284 g/mol. The summed E-state index contributed by atoms with van der Waals surface area (Å²) in [4.78, 5) is 26.7. The first-order chi connectivity index (χ1) is 10.1. The molecule has 1 amide bonds. The molecule has 1 unspecified atom stereocenters. The minimum Gasteiger partial charge on any atom is -0.310 e. The number of hydrogen-bond donors (Lipinski definition) is 0. The van der Waals surface area contributed by atoms with Crippen molar-refractivity contribution in [2.45, 2.75) is 43.3 Å². The van der Waals surface area contributed by atoms with E-state index in [1.807, 2.05) is 19.1 Å². The van der Waals surface area contributed by atoms with Crippen LogP contribution in [0.2, 0.25) is 0 Å². The van der Waals surface area contributed by atoms with Crippen LogP contribution in [0, 0.1) is 11.3 Å². The topological polar surface area (TPSA) is 61.2 Å². The lowest BCUT2D eigenvalue weighted by Gasteiger charge is -2.33. The molecule has 0 fully saturated rings. The molecule has 110 valence electrons. The summed E-state index contributed by atoms with van der Waals surface area (Å²) >= 11 is 1.53. The lowest BCUT2D eigenvalue weighted by atomic mass is 10.1. The molecule has 0 aliphatic carbocycles. The molecular formula is C16H18N2O2S. The van der Waals surface area contributed by atoms with Gasteiger partial charge in [0.2, 0.25) is 5.91 Å². The summed E-state index contributed by atoms with van der Waals surface area (Å²) in [7, 11) is 0. The predicted molar refractivity (Wildman–Crippen MR) is 83.6 cm³/mol. The third-order valence-electron chi connectivity index (χ3n) is 3.51. The first kappa shape index (κ1) is 15.6. The summed E-state index contributed by atoms with van der Waals surface area (Å²) in [6, 6.07) is 7.58. The predicted octanol–water partition coefficient (Wildman–Crippen LogP) is 3.41. The van der Waals surface area contributed by atoms with E-state index in [0.29, 0.717) is 24.9 Å². The number of nitriles is 1. The van der Waals surface area contributed by atoms with Gasteiger partial charge in [0.15, 0.2) is 5.78 Å². The van der Waals surface area contributed by atoms with Gasteiger partial charge in [0, 0.05) is 23.4 Å². The monoisotopic (exact) mass is 302 g/mol. The Labute approximate surface area is 129 Å². The lowest BCUT2D eigenvalue weighted by molar-refractivity contribution is -0.118. The number of nitrogens with zero attached hydrogens (tertiary/aromatic N) is 2. The van der Waals surface area contributed by atoms with Gasteiger partial charge < -0.3 is 4.90 Å². The van der Waals surface area contributed by atoms with E-state index in [1.54, 1.807) is 17.9 Å². The molecule has 1 heterocycles. The standard InChI is InChI=1S/C16H18N2O2S/c1-3-14-16(20)18(9-5-4-8-17)13-7-6-12(11(2)19)10-15(13)21-14/h6-7,10,14H,3-5,9H2,1-2H3. The molecule has 0 saturated heterocycles. The highest BCUT2D eigenvalue weighted by molar-refractivity contribution is 8.01. The maximum absolute atomic E-state index is 12.5. The van der Waals surface area contributed by atoms with E-state index >= 15 is 0 Å².